The van der Waals surface area contributed by atoms with Crippen molar-refractivity contribution in [3.63, 3.8) is 0 Å². The van der Waals surface area contributed by atoms with Crippen LogP contribution in [0.3, 0.4) is 0 Å². The van der Waals surface area contributed by atoms with Crippen LogP contribution in [0.25, 0.3) is 0 Å². The van der Waals surface area contributed by atoms with E-state index in [0.717, 1.165) is 5.57 Å². The van der Waals surface area contributed by atoms with Gasteiger partial charge in [0.15, 0.2) is 0 Å². The summed E-state index contributed by atoms with van der Waals surface area (Å²) in [5.74, 6) is 0. The molecular weight excluding hydrogens is 112 g/mol. The van der Waals surface area contributed by atoms with Gasteiger partial charge in [-0.15, -0.1) is 0 Å². The third-order valence-electron chi connectivity index (χ3n) is 0.723. The Morgan fingerprint density at radius 1 is 1.67 bits per heavy atom. The van der Waals surface area contributed by atoms with Crippen molar-refractivity contribution in [2.24, 2.45) is 10.7 Å². The molecule has 2 heteroatoms. The molecule has 0 amide bonds. The van der Waals surface area contributed by atoms with Gasteiger partial charge in [-0.25, -0.2) is 0 Å². The number of nitrogens with two attached hydrogens (primary N) is 1. The summed E-state index contributed by atoms with van der Waals surface area (Å²) in [5, 5.41) is 0. The summed E-state index contributed by atoms with van der Waals surface area (Å²) < 4.78 is 0. The fourth-order valence-corrected chi connectivity index (χ4v) is 0.209. The van der Waals surface area contributed by atoms with Gasteiger partial charge in [0.1, 0.15) is 0 Å². The number of nitrogens with zero attached hydrogens (tertiary/aromatic N) is 1. The highest BCUT2D eigenvalue weighted by Crippen LogP contribution is 1.96. The van der Waals surface area contributed by atoms with Crippen LogP contribution in [0.4, 0.5) is 0 Å². The maximum absolute atomic E-state index is 5.35. The van der Waals surface area contributed by atoms with E-state index in [2.05, 4.69) is 18.3 Å². The Balaban J connectivity index is 0. The topological polar surface area (TPSA) is 38.4 Å². The van der Waals surface area contributed by atoms with Crippen molar-refractivity contribution in [3.8, 4) is 0 Å². The second-order valence-corrected chi connectivity index (χ2v) is 1.55. The predicted octanol–water partition coefficient (Wildman–Crippen LogP) is 1.70. The minimum Gasteiger partial charge on any atom is -0.397 e. The van der Waals surface area contributed by atoms with Crippen LogP contribution in [0.5, 0.6) is 0 Å². The van der Waals surface area contributed by atoms with Gasteiger partial charge in [0.2, 0.25) is 0 Å². The quantitative estimate of drug-likeness (QED) is 0.444. The van der Waals surface area contributed by atoms with Gasteiger partial charge in [0, 0.05) is 6.20 Å². The molecule has 0 aromatic heterocycles. The molecule has 2 N–H and O–H groups in total. The van der Waals surface area contributed by atoms with Crippen molar-refractivity contribution >= 4 is 6.72 Å². The molecule has 0 aliphatic rings. The van der Waals surface area contributed by atoms with Gasteiger partial charge in [0.05, 0.1) is 5.70 Å². The first-order valence-electron chi connectivity index (χ1n) is 2.26. The van der Waals surface area contributed by atoms with Gasteiger partial charge in [-0.3, -0.25) is 4.99 Å². The molecule has 0 saturated heterocycles. The summed E-state index contributed by atoms with van der Waals surface area (Å²) in [6.45, 7) is 8.64. The smallest absolute Gasteiger partial charge is 0.0523 e. The van der Waals surface area contributed by atoms with Gasteiger partial charge < -0.3 is 5.73 Å². The molecule has 52 valence electrons. The van der Waals surface area contributed by atoms with Crippen molar-refractivity contribution in [1.29, 1.82) is 0 Å². The van der Waals surface area contributed by atoms with Gasteiger partial charge in [-0.05, 0) is 19.2 Å². The zero-order chi connectivity index (χ0) is 6.57. The maximum atomic E-state index is 5.35. The average Bonchev–Trinajstić information content (AvgIpc) is 1.67. The number of rotatable bonds is 2. The fourth-order valence-electron chi connectivity index (χ4n) is 0.209. The second kappa shape index (κ2) is 5.09. The Hall–Kier alpha value is -1.05. The van der Waals surface area contributed by atoms with E-state index in [0.29, 0.717) is 5.70 Å². The molecule has 0 saturated carbocycles. The van der Waals surface area contributed by atoms with Crippen LogP contribution >= 0.6 is 0 Å². The van der Waals surface area contributed by atoms with Crippen LogP contribution in [0.1, 0.15) is 14.4 Å². The number of hydrogen-bond donors (Lipinski definition) is 1. The number of aliphatic imine (C=N–C) groups is 1. The van der Waals surface area contributed by atoms with Gasteiger partial charge >= 0.3 is 0 Å². The lowest BCUT2D eigenvalue weighted by Crippen LogP contribution is -1.95. The van der Waals surface area contributed by atoms with E-state index in [9.17, 15) is 0 Å². The summed E-state index contributed by atoms with van der Waals surface area (Å²) >= 11 is 0. The highest BCUT2D eigenvalue weighted by atomic mass is 14.7. The van der Waals surface area contributed by atoms with Gasteiger partial charge in [-0.2, -0.15) is 0 Å². The summed E-state index contributed by atoms with van der Waals surface area (Å²) in [4.78, 5) is 3.46. The molecule has 2 nitrogen and oxygen atoms in total. The average molecular weight is 126 g/mol. The zero-order valence-corrected chi connectivity index (χ0v) is 5.02. The van der Waals surface area contributed by atoms with E-state index < -0.39 is 0 Å². The molecule has 0 aromatic carbocycles. The maximum Gasteiger partial charge on any atom is 0.0523 e. The van der Waals surface area contributed by atoms with E-state index in [-0.39, 0.29) is 7.43 Å². The van der Waals surface area contributed by atoms with Crippen LogP contribution in [-0.4, -0.2) is 6.72 Å². The monoisotopic (exact) mass is 126 g/mol. The zero-order valence-electron chi connectivity index (χ0n) is 5.02. The molecule has 0 unspecified atom stereocenters. The number of allylic oxidation sites excluding steroid dienone is 1. The third-order valence-corrected chi connectivity index (χ3v) is 0.723. The SMILES string of the molecule is C.C=N/C=C(/N)C(=C)C. The Labute approximate surface area is 56.8 Å². The molecule has 0 aliphatic heterocycles. The van der Waals surface area contributed by atoms with Crippen molar-refractivity contribution in [2.45, 2.75) is 14.4 Å². The molecular formula is C7H14N2. The lowest BCUT2D eigenvalue weighted by atomic mass is 10.3. The van der Waals surface area contributed by atoms with Crippen molar-refractivity contribution < 1.29 is 0 Å². The van der Waals surface area contributed by atoms with E-state index >= 15 is 0 Å². The van der Waals surface area contributed by atoms with E-state index in [1.54, 1.807) is 0 Å². The Morgan fingerprint density at radius 2 is 2.11 bits per heavy atom. The normalized spacial score (nSPS) is 9.67. The summed E-state index contributed by atoms with van der Waals surface area (Å²) in [7, 11) is 0. The summed E-state index contributed by atoms with van der Waals surface area (Å²) in [5.41, 5.74) is 6.76. The lowest BCUT2D eigenvalue weighted by molar-refractivity contribution is 1.27. The van der Waals surface area contributed by atoms with Gasteiger partial charge in [0.25, 0.3) is 0 Å². The molecule has 9 heavy (non-hydrogen) atoms. The number of hydrogen-bond acceptors (Lipinski definition) is 2. The van der Waals surface area contributed by atoms with E-state index in [4.69, 9.17) is 5.73 Å². The Morgan fingerprint density at radius 3 is 2.22 bits per heavy atom. The fraction of sp³-hybridized carbons (Fsp3) is 0.286. The molecule has 0 heterocycles. The largest absolute Gasteiger partial charge is 0.397 e. The molecule has 0 fully saturated rings. The molecule has 0 bridgehead atoms. The van der Waals surface area contributed by atoms with Crippen LogP contribution in [0.2, 0.25) is 0 Å². The first kappa shape index (κ1) is 10.8. The summed E-state index contributed by atoms with van der Waals surface area (Å²) in [6.07, 6.45) is 1.47. The van der Waals surface area contributed by atoms with E-state index in [1.807, 2.05) is 6.92 Å². The second-order valence-electron chi connectivity index (χ2n) is 1.55. The standard InChI is InChI=1S/C6H10N2.CH4/c1-5(2)6(7)4-8-3;/h4H,1,3,7H2,2H3;1H4/b6-4+;. The first-order valence-corrected chi connectivity index (χ1v) is 2.26. The van der Waals surface area contributed by atoms with Crippen molar-refractivity contribution in [1.82, 2.24) is 0 Å². The predicted molar refractivity (Wildman–Crippen MR) is 43.4 cm³/mol. The first-order chi connectivity index (χ1) is 3.68. The molecule has 0 radical (unpaired) electrons. The third kappa shape index (κ3) is 4.81. The highest BCUT2D eigenvalue weighted by molar-refractivity contribution is 5.30. The van der Waals surface area contributed by atoms with E-state index in [1.165, 1.54) is 6.20 Å². The van der Waals surface area contributed by atoms with Gasteiger partial charge in [-0.1, -0.05) is 14.0 Å². The van der Waals surface area contributed by atoms with Crippen molar-refractivity contribution in [3.05, 3.63) is 24.0 Å². The Bertz CT molecular complexity index is 134. The van der Waals surface area contributed by atoms with Crippen LogP contribution < -0.4 is 5.73 Å². The minimum atomic E-state index is 0. The molecule has 0 aromatic rings. The van der Waals surface area contributed by atoms with Crippen LogP contribution in [-0.2, 0) is 0 Å². The highest BCUT2D eigenvalue weighted by Gasteiger charge is 1.84. The van der Waals surface area contributed by atoms with Crippen LogP contribution in [0, 0.1) is 0 Å². The minimum absolute atomic E-state index is 0. The van der Waals surface area contributed by atoms with Crippen LogP contribution in [0.15, 0.2) is 29.0 Å². The molecule has 0 rings (SSSR count). The lowest BCUT2D eigenvalue weighted by Gasteiger charge is -1.92. The molecule has 0 atom stereocenters. The summed E-state index contributed by atoms with van der Waals surface area (Å²) in [6, 6.07) is 0. The Kier molecular flexibility index (Phi) is 6.14. The molecule has 0 spiro atoms. The van der Waals surface area contributed by atoms with Crippen molar-refractivity contribution in [2.75, 3.05) is 0 Å². The molecule has 0 aliphatic carbocycles.